The molecule has 0 radical (unpaired) electrons. The molecule has 1 unspecified atom stereocenters. The zero-order valence-electron chi connectivity index (χ0n) is 20.3. The van der Waals surface area contributed by atoms with Crippen LogP contribution in [0.2, 0.25) is 0 Å². The Labute approximate surface area is 212 Å². The average molecular weight is 510 g/mol. The lowest BCUT2D eigenvalue weighted by Crippen LogP contribution is -2.35. The molecule has 1 atom stereocenters. The predicted molar refractivity (Wildman–Crippen MR) is 134 cm³/mol. The zero-order chi connectivity index (χ0) is 26.6. The molecule has 0 fully saturated rings. The van der Waals surface area contributed by atoms with Crippen molar-refractivity contribution >= 4 is 5.97 Å². The third kappa shape index (κ3) is 6.06. The van der Waals surface area contributed by atoms with Crippen LogP contribution in [0, 0.1) is 6.92 Å². The van der Waals surface area contributed by atoms with Crippen LogP contribution < -0.4 is 5.32 Å². The summed E-state index contributed by atoms with van der Waals surface area (Å²) in [5.41, 5.74) is 2.21. The van der Waals surface area contributed by atoms with Gasteiger partial charge in [-0.25, -0.2) is 0 Å². The van der Waals surface area contributed by atoms with Gasteiger partial charge in [0, 0.05) is 17.7 Å². The van der Waals surface area contributed by atoms with Crippen LogP contribution in [-0.2, 0) is 17.5 Å². The van der Waals surface area contributed by atoms with Gasteiger partial charge in [-0.1, -0.05) is 73.1 Å². The second-order valence-electron chi connectivity index (χ2n) is 8.75. The molecule has 1 heterocycles. The second kappa shape index (κ2) is 11.0. The van der Waals surface area contributed by atoms with Gasteiger partial charge in [0.05, 0.1) is 5.56 Å². The van der Waals surface area contributed by atoms with E-state index < -0.39 is 23.8 Å². The van der Waals surface area contributed by atoms with E-state index in [1.807, 2.05) is 19.1 Å². The summed E-state index contributed by atoms with van der Waals surface area (Å²) >= 11 is 0. The minimum Gasteiger partial charge on any atom is -0.480 e. The molecule has 37 heavy (non-hydrogen) atoms. The lowest BCUT2D eigenvalue weighted by molar-refractivity contribution is -0.140. The fourth-order valence-electron chi connectivity index (χ4n) is 4.09. The molecule has 0 amide bonds. The minimum atomic E-state index is -4.57. The fourth-order valence-corrected chi connectivity index (χ4v) is 4.09. The third-order valence-corrected chi connectivity index (χ3v) is 6.07. The summed E-state index contributed by atoms with van der Waals surface area (Å²) in [5, 5.41) is 16.2. The van der Waals surface area contributed by atoms with Crippen LogP contribution in [0.25, 0.3) is 34.0 Å². The van der Waals surface area contributed by atoms with Gasteiger partial charge < -0.3 is 14.9 Å². The number of nitrogens with zero attached hydrogens (tertiary/aromatic N) is 2. The van der Waals surface area contributed by atoms with Crippen molar-refractivity contribution in [1.29, 1.82) is 0 Å². The maximum atomic E-state index is 14.0. The molecule has 0 saturated heterocycles. The van der Waals surface area contributed by atoms with Crippen molar-refractivity contribution in [2.75, 3.05) is 0 Å². The van der Waals surface area contributed by atoms with E-state index in [4.69, 9.17) is 4.52 Å². The van der Waals surface area contributed by atoms with Crippen molar-refractivity contribution in [2.24, 2.45) is 0 Å². The van der Waals surface area contributed by atoms with Gasteiger partial charge in [-0.2, -0.15) is 18.2 Å². The Morgan fingerprint density at radius 2 is 1.73 bits per heavy atom. The summed E-state index contributed by atoms with van der Waals surface area (Å²) in [7, 11) is 0. The molecule has 6 nitrogen and oxygen atoms in total. The van der Waals surface area contributed by atoms with Gasteiger partial charge in [0.25, 0.3) is 5.89 Å². The highest BCUT2D eigenvalue weighted by atomic mass is 19.4. The first-order valence-corrected chi connectivity index (χ1v) is 11.8. The Balaban J connectivity index is 1.56. The second-order valence-corrected chi connectivity index (χ2v) is 8.75. The first-order valence-electron chi connectivity index (χ1n) is 11.8. The van der Waals surface area contributed by atoms with Gasteiger partial charge in [-0.05, 0) is 47.7 Å². The third-order valence-electron chi connectivity index (χ3n) is 6.07. The molecule has 4 aromatic rings. The molecular formula is C28H26F3N3O3. The molecule has 0 spiro atoms. The average Bonchev–Trinajstić information content (AvgIpc) is 3.36. The number of carboxylic acids is 1. The zero-order valence-corrected chi connectivity index (χ0v) is 20.3. The van der Waals surface area contributed by atoms with E-state index in [1.54, 1.807) is 43.3 Å². The van der Waals surface area contributed by atoms with E-state index in [9.17, 15) is 23.1 Å². The van der Waals surface area contributed by atoms with E-state index >= 15 is 0 Å². The number of benzene rings is 3. The summed E-state index contributed by atoms with van der Waals surface area (Å²) in [5.74, 6) is -0.676. The van der Waals surface area contributed by atoms with E-state index in [1.165, 1.54) is 12.1 Å². The molecule has 3 aromatic carbocycles. The molecule has 0 bridgehead atoms. The van der Waals surface area contributed by atoms with Gasteiger partial charge in [0.2, 0.25) is 5.82 Å². The van der Waals surface area contributed by atoms with E-state index in [2.05, 4.69) is 15.5 Å². The van der Waals surface area contributed by atoms with Crippen LogP contribution in [-0.4, -0.2) is 27.3 Å². The lowest BCUT2D eigenvalue weighted by atomic mass is 9.94. The molecule has 1 aromatic heterocycles. The molecule has 2 N–H and O–H groups in total. The minimum absolute atomic E-state index is 0.0218. The van der Waals surface area contributed by atoms with Gasteiger partial charge in [0.1, 0.15) is 6.04 Å². The number of aryl methyl sites for hydroxylation is 1. The van der Waals surface area contributed by atoms with Crippen molar-refractivity contribution in [3.63, 3.8) is 0 Å². The number of alkyl halides is 3. The van der Waals surface area contributed by atoms with Gasteiger partial charge in [0.15, 0.2) is 0 Å². The molecular weight excluding hydrogens is 483 g/mol. The number of carboxylic acid groups (broad SMARTS) is 1. The highest BCUT2D eigenvalue weighted by molar-refractivity contribution is 5.75. The Hall–Kier alpha value is -3.98. The number of aliphatic carboxylic acids is 1. The Morgan fingerprint density at radius 3 is 2.38 bits per heavy atom. The summed E-state index contributed by atoms with van der Waals surface area (Å²) in [6.45, 7) is 4.07. The summed E-state index contributed by atoms with van der Waals surface area (Å²) in [6.07, 6.45) is -3.29. The topological polar surface area (TPSA) is 88.3 Å². The largest absolute Gasteiger partial charge is 0.480 e. The molecule has 0 aliphatic rings. The van der Waals surface area contributed by atoms with Crippen LogP contribution in [0.5, 0.6) is 0 Å². The Bertz CT molecular complexity index is 1380. The van der Waals surface area contributed by atoms with Crippen molar-refractivity contribution in [2.45, 2.75) is 45.5 Å². The van der Waals surface area contributed by atoms with Crippen LogP contribution in [0.1, 0.15) is 36.5 Å². The smallest absolute Gasteiger partial charge is 0.417 e. The standard InChI is InChI=1S/C28H26F3N3O3/c1-3-6-24(27(35)36)32-16-18-9-11-19(12-10-18)25-33-26(37-34-25)20-13-14-22(23(15-20)28(29,30)31)21-8-5-4-7-17(21)2/h4-5,7-15,24,32H,3,6,16H2,1-2H3,(H,35,36). The van der Waals surface area contributed by atoms with Crippen molar-refractivity contribution in [3.8, 4) is 34.0 Å². The van der Waals surface area contributed by atoms with Crippen LogP contribution in [0.4, 0.5) is 13.2 Å². The molecule has 4 rings (SSSR count). The maximum Gasteiger partial charge on any atom is 0.417 e. The fraction of sp³-hybridized carbons (Fsp3) is 0.250. The highest BCUT2D eigenvalue weighted by Gasteiger charge is 2.34. The normalized spacial score (nSPS) is 12.5. The molecule has 0 aliphatic carbocycles. The first-order chi connectivity index (χ1) is 17.7. The van der Waals surface area contributed by atoms with Crippen molar-refractivity contribution < 1.29 is 27.6 Å². The Kier molecular flexibility index (Phi) is 7.73. The molecule has 9 heteroatoms. The number of carbonyl (C=O) groups is 1. The summed E-state index contributed by atoms with van der Waals surface area (Å²) in [6, 6.07) is 17.4. The summed E-state index contributed by atoms with van der Waals surface area (Å²) in [4.78, 5) is 15.6. The Morgan fingerprint density at radius 1 is 1.03 bits per heavy atom. The SMILES string of the molecule is CCCC(NCc1ccc(-c2noc(-c3ccc(-c4ccccc4C)c(C(F)(F)F)c3)n2)cc1)C(=O)O. The molecule has 0 aliphatic heterocycles. The number of hydrogen-bond acceptors (Lipinski definition) is 5. The van der Waals surface area contributed by atoms with Crippen molar-refractivity contribution in [3.05, 3.63) is 83.4 Å². The number of hydrogen-bond donors (Lipinski definition) is 2. The van der Waals surface area contributed by atoms with E-state index in [0.29, 0.717) is 24.1 Å². The quantitative estimate of drug-likeness (QED) is 0.260. The molecule has 0 saturated carbocycles. The van der Waals surface area contributed by atoms with E-state index in [-0.39, 0.29) is 22.8 Å². The van der Waals surface area contributed by atoms with Crippen LogP contribution in [0.3, 0.4) is 0 Å². The van der Waals surface area contributed by atoms with Gasteiger partial charge in [-0.3, -0.25) is 4.79 Å². The number of aromatic nitrogens is 2. The van der Waals surface area contributed by atoms with Crippen molar-refractivity contribution in [1.82, 2.24) is 15.5 Å². The van der Waals surface area contributed by atoms with E-state index in [0.717, 1.165) is 23.6 Å². The number of halogens is 3. The lowest BCUT2D eigenvalue weighted by Gasteiger charge is -2.15. The van der Waals surface area contributed by atoms with Gasteiger partial charge in [-0.15, -0.1) is 0 Å². The summed E-state index contributed by atoms with van der Waals surface area (Å²) < 4.78 is 47.2. The number of rotatable bonds is 9. The molecule has 192 valence electrons. The highest BCUT2D eigenvalue weighted by Crippen LogP contribution is 2.40. The monoisotopic (exact) mass is 509 g/mol. The maximum absolute atomic E-state index is 14.0. The van der Waals surface area contributed by atoms with Crippen LogP contribution >= 0.6 is 0 Å². The number of nitrogens with one attached hydrogen (secondary N) is 1. The first kappa shape index (κ1) is 26.1. The van der Waals surface area contributed by atoms with Gasteiger partial charge >= 0.3 is 12.1 Å². The van der Waals surface area contributed by atoms with Crippen LogP contribution in [0.15, 0.2) is 71.3 Å². The predicted octanol–water partition coefficient (Wildman–Crippen LogP) is 6.74.